The van der Waals surface area contributed by atoms with Crippen LogP contribution in [0.5, 0.6) is 23.0 Å². The average molecular weight is 320 g/mol. The van der Waals surface area contributed by atoms with Crippen LogP contribution in [0, 0.1) is 0 Å². The van der Waals surface area contributed by atoms with Crippen molar-refractivity contribution in [3.63, 3.8) is 0 Å². The Labute approximate surface area is 139 Å². The van der Waals surface area contributed by atoms with Gasteiger partial charge in [-0.15, -0.1) is 0 Å². The molecular weight excluding hydrogens is 304 g/mol. The number of methoxy groups -OCH3 is 1. The first-order valence-electron chi connectivity index (χ1n) is 7.40. The van der Waals surface area contributed by atoms with Crippen molar-refractivity contribution in [3.8, 4) is 23.0 Å². The first-order chi connectivity index (χ1) is 11.7. The highest BCUT2D eigenvalue weighted by molar-refractivity contribution is 5.98. The fourth-order valence-electron chi connectivity index (χ4n) is 2.40. The van der Waals surface area contributed by atoms with Gasteiger partial charge < -0.3 is 14.2 Å². The Morgan fingerprint density at radius 2 is 1.62 bits per heavy atom. The largest absolute Gasteiger partial charge is 0.496 e. The Morgan fingerprint density at radius 1 is 0.958 bits per heavy atom. The third-order valence-corrected chi connectivity index (χ3v) is 3.48. The van der Waals surface area contributed by atoms with Crippen molar-refractivity contribution < 1.29 is 19.0 Å². The van der Waals surface area contributed by atoms with Crippen molar-refractivity contribution in [2.75, 3.05) is 7.11 Å². The lowest BCUT2D eigenvalue weighted by Gasteiger charge is -2.15. The number of hydrogen-bond acceptors (Lipinski definition) is 4. The molecule has 3 aromatic carbocycles. The summed E-state index contributed by atoms with van der Waals surface area (Å²) in [5, 5.41) is 1.55. The standard InChI is InChI=1S/C20H16O4/c1-3-19(21)24-20-16-12-8-7-11-15(16)17(22-2)13-18(20)23-14-9-5-4-6-10-14/h3-13H,1H2,2H3. The number of hydrogen-bond donors (Lipinski definition) is 0. The monoisotopic (exact) mass is 320 g/mol. The second-order valence-electron chi connectivity index (χ2n) is 4.99. The second-order valence-corrected chi connectivity index (χ2v) is 4.99. The van der Waals surface area contributed by atoms with E-state index in [-0.39, 0.29) is 0 Å². The zero-order valence-corrected chi connectivity index (χ0v) is 13.2. The number of para-hydroxylation sites is 1. The van der Waals surface area contributed by atoms with Crippen molar-refractivity contribution in [1.29, 1.82) is 0 Å². The molecule has 0 saturated carbocycles. The van der Waals surface area contributed by atoms with Gasteiger partial charge in [-0.05, 0) is 12.1 Å². The Hall–Kier alpha value is -3.27. The van der Waals surface area contributed by atoms with Crippen LogP contribution in [-0.4, -0.2) is 13.1 Å². The zero-order chi connectivity index (χ0) is 16.9. The van der Waals surface area contributed by atoms with Crippen LogP contribution in [0.4, 0.5) is 0 Å². The number of carbonyl (C=O) groups is 1. The molecule has 0 heterocycles. The predicted octanol–water partition coefficient (Wildman–Crippen LogP) is 4.73. The lowest BCUT2D eigenvalue weighted by molar-refractivity contribution is -0.128. The molecule has 0 radical (unpaired) electrons. The number of benzene rings is 3. The van der Waals surface area contributed by atoms with Crippen molar-refractivity contribution in [2.45, 2.75) is 0 Å². The molecule has 0 atom stereocenters. The summed E-state index contributed by atoms with van der Waals surface area (Å²) in [6, 6.07) is 18.5. The molecule has 0 spiro atoms. The molecule has 3 rings (SSSR count). The van der Waals surface area contributed by atoms with E-state index >= 15 is 0 Å². The molecule has 0 amide bonds. The van der Waals surface area contributed by atoms with Crippen LogP contribution >= 0.6 is 0 Å². The molecule has 0 aromatic heterocycles. The minimum atomic E-state index is -0.553. The second kappa shape index (κ2) is 6.87. The number of esters is 1. The molecule has 0 bridgehead atoms. The summed E-state index contributed by atoms with van der Waals surface area (Å²) in [5.74, 6) is 1.44. The maximum Gasteiger partial charge on any atom is 0.335 e. The summed E-state index contributed by atoms with van der Waals surface area (Å²) in [6.45, 7) is 3.44. The highest BCUT2D eigenvalue weighted by Crippen LogP contribution is 2.43. The van der Waals surface area contributed by atoms with E-state index in [1.165, 1.54) is 0 Å². The van der Waals surface area contributed by atoms with Crippen LogP contribution < -0.4 is 14.2 Å². The molecule has 0 N–H and O–H groups in total. The first kappa shape index (κ1) is 15.6. The Morgan fingerprint density at radius 3 is 2.29 bits per heavy atom. The summed E-state index contributed by atoms with van der Waals surface area (Å²) in [5.41, 5.74) is 0. The van der Waals surface area contributed by atoms with Crippen LogP contribution in [0.25, 0.3) is 10.8 Å². The summed E-state index contributed by atoms with van der Waals surface area (Å²) in [7, 11) is 1.59. The number of fused-ring (bicyclic) bond motifs is 1. The minimum absolute atomic E-state index is 0.333. The molecule has 24 heavy (non-hydrogen) atoms. The molecule has 0 aliphatic carbocycles. The smallest absolute Gasteiger partial charge is 0.335 e. The summed E-state index contributed by atoms with van der Waals surface area (Å²) in [6.07, 6.45) is 1.12. The maximum absolute atomic E-state index is 11.8. The number of ether oxygens (including phenoxy) is 3. The fraction of sp³-hybridized carbons (Fsp3) is 0.0500. The summed E-state index contributed by atoms with van der Waals surface area (Å²) < 4.78 is 16.8. The van der Waals surface area contributed by atoms with E-state index in [1.54, 1.807) is 13.2 Å². The first-order valence-corrected chi connectivity index (χ1v) is 7.40. The fourth-order valence-corrected chi connectivity index (χ4v) is 2.40. The zero-order valence-electron chi connectivity index (χ0n) is 13.2. The van der Waals surface area contributed by atoms with Gasteiger partial charge in [0.05, 0.1) is 7.11 Å². The van der Waals surface area contributed by atoms with Crippen molar-refractivity contribution in [3.05, 3.63) is 73.3 Å². The van der Waals surface area contributed by atoms with Gasteiger partial charge in [-0.1, -0.05) is 49.0 Å². The number of carbonyl (C=O) groups excluding carboxylic acids is 1. The van der Waals surface area contributed by atoms with Crippen molar-refractivity contribution in [1.82, 2.24) is 0 Å². The summed E-state index contributed by atoms with van der Waals surface area (Å²) >= 11 is 0. The van der Waals surface area contributed by atoms with Gasteiger partial charge in [0.15, 0.2) is 11.5 Å². The Bertz CT molecular complexity index is 885. The quantitative estimate of drug-likeness (QED) is 0.387. The van der Waals surface area contributed by atoms with E-state index in [0.717, 1.165) is 16.8 Å². The van der Waals surface area contributed by atoms with E-state index in [2.05, 4.69) is 6.58 Å². The average Bonchev–Trinajstić information content (AvgIpc) is 2.64. The van der Waals surface area contributed by atoms with Gasteiger partial charge in [-0.25, -0.2) is 4.79 Å². The third kappa shape index (κ3) is 3.08. The lowest BCUT2D eigenvalue weighted by atomic mass is 10.1. The van der Waals surface area contributed by atoms with E-state index in [9.17, 15) is 4.79 Å². The molecule has 0 fully saturated rings. The van der Waals surface area contributed by atoms with Crippen LogP contribution in [0.3, 0.4) is 0 Å². The van der Waals surface area contributed by atoms with Gasteiger partial charge in [-0.2, -0.15) is 0 Å². The van der Waals surface area contributed by atoms with Crippen molar-refractivity contribution in [2.24, 2.45) is 0 Å². The third-order valence-electron chi connectivity index (χ3n) is 3.48. The maximum atomic E-state index is 11.8. The molecule has 120 valence electrons. The molecular formula is C20H16O4. The molecule has 3 aromatic rings. The molecule has 0 unspecified atom stereocenters. The van der Waals surface area contributed by atoms with Crippen LogP contribution in [0.1, 0.15) is 0 Å². The van der Waals surface area contributed by atoms with E-state index < -0.39 is 5.97 Å². The van der Waals surface area contributed by atoms with E-state index in [1.807, 2.05) is 54.6 Å². The van der Waals surface area contributed by atoms with Crippen LogP contribution in [0.15, 0.2) is 73.3 Å². The van der Waals surface area contributed by atoms with E-state index in [0.29, 0.717) is 23.0 Å². The molecule has 4 heteroatoms. The van der Waals surface area contributed by atoms with Crippen LogP contribution in [-0.2, 0) is 4.79 Å². The minimum Gasteiger partial charge on any atom is -0.496 e. The van der Waals surface area contributed by atoms with Crippen LogP contribution in [0.2, 0.25) is 0 Å². The normalized spacial score (nSPS) is 10.2. The van der Waals surface area contributed by atoms with Gasteiger partial charge in [0.1, 0.15) is 11.5 Å². The SMILES string of the molecule is C=CC(=O)Oc1c(Oc2ccccc2)cc(OC)c2ccccc12. The Balaban J connectivity index is 2.19. The number of rotatable bonds is 5. The predicted molar refractivity (Wildman–Crippen MR) is 92.8 cm³/mol. The molecule has 0 aliphatic rings. The van der Waals surface area contributed by atoms with Gasteiger partial charge in [0, 0.05) is 22.9 Å². The Kier molecular flexibility index (Phi) is 4.47. The van der Waals surface area contributed by atoms with Gasteiger partial charge in [0.2, 0.25) is 0 Å². The highest BCUT2D eigenvalue weighted by atomic mass is 16.6. The van der Waals surface area contributed by atoms with E-state index in [4.69, 9.17) is 14.2 Å². The molecule has 0 aliphatic heterocycles. The van der Waals surface area contributed by atoms with Crippen molar-refractivity contribution >= 4 is 16.7 Å². The van der Waals surface area contributed by atoms with Gasteiger partial charge in [-0.3, -0.25) is 0 Å². The molecule has 4 nitrogen and oxygen atoms in total. The van der Waals surface area contributed by atoms with Gasteiger partial charge in [0.25, 0.3) is 0 Å². The highest BCUT2D eigenvalue weighted by Gasteiger charge is 2.17. The topological polar surface area (TPSA) is 44.8 Å². The van der Waals surface area contributed by atoms with Gasteiger partial charge >= 0.3 is 5.97 Å². The summed E-state index contributed by atoms with van der Waals surface area (Å²) in [4.78, 5) is 11.8. The molecule has 0 saturated heterocycles. The lowest BCUT2D eigenvalue weighted by Crippen LogP contribution is -2.05.